The van der Waals surface area contributed by atoms with Crippen LogP contribution in [0, 0.1) is 0 Å². The van der Waals surface area contributed by atoms with Gasteiger partial charge in [0.05, 0.1) is 11.0 Å². The van der Waals surface area contributed by atoms with Crippen molar-refractivity contribution in [3.05, 3.63) is 217 Å². The highest BCUT2D eigenvalue weighted by Crippen LogP contribution is 2.53. The fraction of sp³-hybridized carbons (Fsp3) is 0.0545. The molecule has 1 aliphatic carbocycles. The molecule has 0 saturated carbocycles. The van der Waals surface area contributed by atoms with Gasteiger partial charge in [-0.3, -0.25) is 0 Å². The standard InChI is InChI=1S/C55H40N2/c1-55(2)49-20-12-11-19-47(49)53-50(55)33-34-51-54(53)48-32-31-46(36-52(48)57(51)45-30-25-39-17-9-10-18-42(39)35-45)56(43-26-21-40(22-27-43)37-13-5-3-6-14-37)44-28-23-41(24-29-44)38-15-7-4-8-16-38/h3-36H,1-2H3. The van der Waals surface area contributed by atoms with Crippen LogP contribution in [0.2, 0.25) is 0 Å². The maximum absolute atomic E-state index is 2.49. The molecule has 0 atom stereocenters. The smallest absolute Gasteiger partial charge is 0.0562 e. The Kier molecular flexibility index (Phi) is 7.55. The minimum absolute atomic E-state index is 0.0912. The van der Waals surface area contributed by atoms with E-state index in [1.807, 2.05) is 0 Å². The molecular formula is C55H40N2. The van der Waals surface area contributed by atoms with Gasteiger partial charge in [0.2, 0.25) is 0 Å². The van der Waals surface area contributed by atoms with E-state index in [4.69, 9.17) is 0 Å². The van der Waals surface area contributed by atoms with Crippen molar-refractivity contribution < 1.29 is 0 Å². The lowest BCUT2D eigenvalue weighted by molar-refractivity contribution is 0.661. The van der Waals surface area contributed by atoms with Crippen molar-refractivity contribution in [1.29, 1.82) is 0 Å². The molecule has 57 heavy (non-hydrogen) atoms. The molecule has 0 radical (unpaired) electrons. The first-order chi connectivity index (χ1) is 28.0. The molecule has 0 N–H and O–H groups in total. The predicted molar refractivity (Wildman–Crippen MR) is 241 cm³/mol. The summed E-state index contributed by atoms with van der Waals surface area (Å²) >= 11 is 0. The molecule has 0 amide bonds. The minimum atomic E-state index is -0.0912. The third kappa shape index (κ3) is 5.33. The lowest BCUT2D eigenvalue weighted by Crippen LogP contribution is -2.14. The van der Waals surface area contributed by atoms with Crippen LogP contribution in [-0.2, 0) is 5.41 Å². The lowest BCUT2D eigenvalue weighted by Gasteiger charge is -2.26. The minimum Gasteiger partial charge on any atom is -0.310 e. The van der Waals surface area contributed by atoms with Crippen molar-refractivity contribution in [2.75, 3.05) is 4.90 Å². The molecule has 10 aromatic rings. The monoisotopic (exact) mass is 728 g/mol. The van der Waals surface area contributed by atoms with Crippen molar-refractivity contribution in [3.63, 3.8) is 0 Å². The molecule has 11 rings (SSSR count). The Balaban J connectivity index is 1.16. The average molecular weight is 729 g/mol. The molecule has 270 valence electrons. The van der Waals surface area contributed by atoms with Crippen molar-refractivity contribution in [1.82, 2.24) is 4.57 Å². The molecule has 9 aromatic carbocycles. The number of hydrogen-bond acceptors (Lipinski definition) is 1. The van der Waals surface area contributed by atoms with Gasteiger partial charge in [0.15, 0.2) is 0 Å². The van der Waals surface area contributed by atoms with Gasteiger partial charge in [-0.15, -0.1) is 0 Å². The fourth-order valence-electron chi connectivity index (χ4n) is 9.34. The van der Waals surface area contributed by atoms with Crippen LogP contribution in [0.1, 0.15) is 25.0 Å². The molecule has 0 saturated heterocycles. The highest BCUT2D eigenvalue weighted by molar-refractivity contribution is 6.18. The predicted octanol–water partition coefficient (Wildman–Crippen LogP) is 15.0. The van der Waals surface area contributed by atoms with Gasteiger partial charge in [-0.05, 0) is 110 Å². The highest BCUT2D eigenvalue weighted by atomic mass is 15.1. The summed E-state index contributed by atoms with van der Waals surface area (Å²) in [5.41, 5.74) is 17.1. The van der Waals surface area contributed by atoms with Crippen LogP contribution in [0.3, 0.4) is 0 Å². The van der Waals surface area contributed by atoms with Gasteiger partial charge < -0.3 is 9.47 Å². The summed E-state index contributed by atoms with van der Waals surface area (Å²) in [6.07, 6.45) is 0. The second kappa shape index (κ2) is 13.0. The van der Waals surface area contributed by atoms with E-state index in [2.05, 4.69) is 230 Å². The topological polar surface area (TPSA) is 8.17 Å². The lowest BCUT2D eigenvalue weighted by atomic mass is 9.82. The number of nitrogens with zero attached hydrogens (tertiary/aromatic N) is 2. The summed E-state index contributed by atoms with van der Waals surface area (Å²) in [5.74, 6) is 0. The van der Waals surface area contributed by atoms with Crippen LogP contribution in [0.4, 0.5) is 17.1 Å². The number of hydrogen-bond donors (Lipinski definition) is 0. The number of anilines is 3. The molecule has 2 nitrogen and oxygen atoms in total. The first-order valence-electron chi connectivity index (χ1n) is 19.8. The summed E-state index contributed by atoms with van der Waals surface area (Å²) in [6, 6.07) is 75.5. The Morgan fingerprint density at radius 2 is 0.965 bits per heavy atom. The van der Waals surface area contributed by atoms with Gasteiger partial charge in [-0.25, -0.2) is 0 Å². The van der Waals surface area contributed by atoms with Crippen LogP contribution in [0.5, 0.6) is 0 Å². The van der Waals surface area contributed by atoms with E-state index < -0.39 is 0 Å². The summed E-state index contributed by atoms with van der Waals surface area (Å²) < 4.78 is 2.49. The maximum atomic E-state index is 2.49. The van der Waals surface area contributed by atoms with Crippen LogP contribution in [0.15, 0.2) is 206 Å². The first kappa shape index (κ1) is 33.2. The number of fused-ring (bicyclic) bond motifs is 8. The summed E-state index contributed by atoms with van der Waals surface area (Å²) in [7, 11) is 0. The van der Waals surface area contributed by atoms with Crippen LogP contribution in [-0.4, -0.2) is 4.57 Å². The summed E-state index contributed by atoms with van der Waals surface area (Å²) in [4.78, 5) is 2.40. The van der Waals surface area contributed by atoms with Crippen molar-refractivity contribution >= 4 is 49.6 Å². The molecule has 0 bridgehead atoms. The normalized spacial score (nSPS) is 12.9. The summed E-state index contributed by atoms with van der Waals surface area (Å²) in [5, 5.41) is 5.03. The largest absolute Gasteiger partial charge is 0.310 e. The first-order valence-corrected chi connectivity index (χ1v) is 19.8. The van der Waals surface area contributed by atoms with E-state index in [0.29, 0.717) is 0 Å². The molecule has 0 spiro atoms. The zero-order valence-electron chi connectivity index (χ0n) is 32.0. The maximum Gasteiger partial charge on any atom is 0.0562 e. The van der Waals surface area contributed by atoms with E-state index in [-0.39, 0.29) is 5.41 Å². The SMILES string of the molecule is CC1(C)c2ccccc2-c2c1ccc1c2c2ccc(N(c3ccc(-c4ccccc4)cc3)c3ccc(-c4ccccc4)cc3)cc2n1-c1ccc2ccccc2c1. The van der Waals surface area contributed by atoms with Gasteiger partial charge >= 0.3 is 0 Å². The highest BCUT2D eigenvalue weighted by Gasteiger charge is 2.37. The van der Waals surface area contributed by atoms with Gasteiger partial charge in [0, 0.05) is 38.9 Å². The molecular weight excluding hydrogens is 689 g/mol. The molecule has 1 aromatic heterocycles. The van der Waals surface area contributed by atoms with E-state index in [0.717, 1.165) is 22.7 Å². The Morgan fingerprint density at radius 3 is 1.63 bits per heavy atom. The van der Waals surface area contributed by atoms with Crippen molar-refractivity contribution in [3.8, 4) is 39.1 Å². The van der Waals surface area contributed by atoms with E-state index in [9.17, 15) is 0 Å². The van der Waals surface area contributed by atoms with Gasteiger partial charge in [0.1, 0.15) is 0 Å². The van der Waals surface area contributed by atoms with E-state index >= 15 is 0 Å². The average Bonchev–Trinajstić information content (AvgIpc) is 3.72. The van der Waals surface area contributed by atoms with Gasteiger partial charge in [-0.1, -0.05) is 166 Å². The van der Waals surface area contributed by atoms with Crippen molar-refractivity contribution in [2.45, 2.75) is 19.3 Å². The molecule has 2 heteroatoms. The van der Waals surface area contributed by atoms with Crippen molar-refractivity contribution in [2.24, 2.45) is 0 Å². The molecule has 0 unspecified atom stereocenters. The number of aromatic nitrogens is 1. The van der Waals surface area contributed by atoms with Gasteiger partial charge in [0.25, 0.3) is 0 Å². The third-order valence-electron chi connectivity index (χ3n) is 12.2. The summed E-state index contributed by atoms with van der Waals surface area (Å²) in [6.45, 7) is 4.74. The Morgan fingerprint density at radius 1 is 0.404 bits per heavy atom. The second-order valence-corrected chi connectivity index (χ2v) is 15.8. The number of benzene rings is 9. The Labute approximate surface area is 333 Å². The fourth-order valence-corrected chi connectivity index (χ4v) is 9.34. The quantitative estimate of drug-likeness (QED) is 0.165. The van der Waals surface area contributed by atoms with Crippen LogP contribution in [0.25, 0.3) is 71.6 Å². The second-order valence-electron chi connectivity index (χ2n) is 15.8. The van der Waals surface area contributed by atoms with E-state index in [1.54, 1.807) is 0 Å². The Hall–Kier alpha value is -7.16. The molecule has 1 heterocycles. The van der Waals surface area contributed by atoms with E-state index in [1.165, 1.54) is 77.1 Å². The number of rotatable bonds is 6. The molecule has 0 fully saturated rings. The Bertz CT molecular complexity index is 3030. The molecule has 0 aliphatic heterocycles. The third-order valence-corrected chi connectivity index (χ3v) is 12.2. The van der Waals surface area contributed by atoms with Gasteiger partial charge in [-0.2, -0.15) is 0 Å². The zero-order chi connectivity index (χ0) is 38.1. The zero-order valence-corrected chi connectivity index (χ0v) is 32.0. The van der Waals surface area contributed by atoms with Crippen LogP contribution < -0.4 is 4.90 Å². The van der Waals surface area contributed by atoms with Crippen LogP contribution >= 0.6 is 0 Å². The molecule has 1 aliphatic rings.